The number of piperidine rings is 6. The first-order valence-electron chi connectivity index (χ1n) is 38.4. The Bertz CT molecular complexity index is 4520. The number of anilines is 4. The van der Waals surface area contributed by atoms with E-state index in [4.69, 9.17) is 19.9 Å². The molecular weight excluding hydrogens is 3690 g/mol. The fraction of sp³-hybridized carbons (Fsp3) is 0.314. The van der Waals surface area contributed by atoms with Crippen LogP contribution in [0.5, 0.6) is 0 Å². The number of hydrogen-bond acceptors (Lipinski definition) is 21. The van der Waals surface area contributed by atoms with E-state index in [1.54, 1.807) is 66.7 Å². The van der Waals surface area contributed by atoms with E-state index in [1.165, 1.54) is 60.1 Å². The number of hydrogen-bond donors (Lipinski definition) is 7. The second-order valence-electron chi connectivity index (χ2n) is 26.8. The van der Waals surface area contributed by atoms with Crippen LogP contribution < -0.4 is 48.2 Å². The Morgan fingerprint density at radius 1 is 0.449 bits per heavy atom. The van der Waals surface area contributed by atoms with Crippen LogP contribution in [0.25, 0.3) is 0 Å². The van der Waals surface area contributed by atoms with Crippen molar-refractivity contribution in [3.63, 3.8) is 0 Å². The molecule has 127 heavy (non-hydrogen) atoms. The Balaban J connectivity index is 0.000000304. The van der Waals surface area contributed by atoms with Crippen molar-refractivity contribution < 1.29 is 102 Å². The third kappa shape index (κ3) is 54.3. The summed E-state index contributed by atoms with van der Waals surface area (Å²) in [4.78, 5) is 63.0. The summed E-state index contributed by atoms with van der Waals surface area (Å²) in [5.41, 5.74) is 12.3. The number of nitrogens with two attached hydrogens (primary N) is 1. The molecular formula is C86H102I18N6O16S-2. The van der Waals surface area contributed by atoms with Gasteiger partial charge in [0.1, 0.15) is 6.10 Å². The van der Waals surface area contributed by atoms with Gasteiger partial charge in [0.25, 0.3) is 10.1 Å². The first kappa shape index (κ1) is 122. The number of methoxy groups -OCH3 is 3. The third-order valence-electron chi connectivity index (χ3n) is 18.3. The molecule has 0 unspecified atom stereocenters. The van der Waals surface area contributed by atoms with Crippen LogP contribution in [-0.4, -0.2) is 156 Å². The predicted molar refractivity (Wildman–Crippen MR) is 647 cm³/mol. The monoisotopic (exact) mass is 3790 g/mol. The van der Waals surface area contributed by atoms with Gasteiger partial charge in [-0.15, -0.1) is 0 Å². The maximum atomic E-state index is 13.0. The molecule has 7 heterocycles. The van der Waals surface area contributed by atoms with Crippen LogP contribution in [0.2, 0.25) is 0 Å². The normalized spacial score (nSPS) is 18.0. The molecule has 4 bridgehead atoms. The summed E-state index contributed by atoms with van der Waals surface area (Å²) < 4.78 is 51.3. The van der Waals surface area contributed by atoms with E-state index in [1.807, 2.05) is 206 Å². The average Bonchev–Trinajstić information content (AvgIpc) is 1.36. The van der Waals surface area contributed by atoms with E-state index >= 15 is 0 Å². The van der Waals surface area contributed by atoms with Gasteiger partial charge in [-0.2, -0.15) is 8.42 Å². The quantitative estimate of drug-likeness (QED) is 0.0103. The number of carbonyl (C=O) groups is 5. The van der Waals surface area contributed by atoms with E-state index in [0.717, 1.165) is 97.9 Å². The maximum absolute atomic E-state index is 13.0. The molecule has 0 radical (unpaired) electrons. The van der Waals surface area contributed by atoms with Crippen molar-refractivity contribution in [1.29, 1.82) is 0 Å². The Morgan fingerprint density at radius 2 is 0.772 bits per heavy atom. The Kier molecular flexibility index (Phi) is 70.4. The molecule has 9 aromatic rings. The predicted octanol–water partition coefficient (Wildman–Crippen LogP) is 21.5. The number of halogens is 18. The van der Waals surface area contributed by atoms with Crippen LogP contribution >= 0.6 is 244 Å². The van der Waals surface area contributed by atoms with Crippen LogP contribution in [0, 0.1) is 11.8 Å². The standard InChI is InChI=1S/C21H24N2O2.C15H15NO2.C14H13NO2.C10H12O5S.C9H10O3.C7H13NO.C6H7N.C4H8O.I7.I6.I5/c24-21(25-19-15-23-13-11-16(19)12-14-23)20(17-7-3-1-4-8-17)22-18-9-5-2-6-10-18;1-18-15(17)14(12-8-4-2-5-9-12)16-13-10-6-3-7-11-13;16-14(17)13(11-7-3-1-4-8-11)15-12-9-5-2-6-10-12;1-14-10(11)9(15-16(2,12)13)8-6-4-3-5-7-8;1-12-9(11)8(10)7-5-3-2-4-6-7;9-7-5-8-3-1-6(7)2-4-8;7-6-4-2-1-3-5-6;1-2-4-5-3-1;1-5-7(4)6(2)3;1-5(2)6(3)4;1-4-5(2)3/h1-10,16,19-20,22H,11-15H2;2-11,14,16H,1H3;1-10,13,15H,(H,16,17);3-7,9H,1-2H3;2-6,8,10H,1H3;6-7,9H,1-5H2;1-5H,7H2;1-4H2;;;/q;;;;;;;;-1;;-1/t19-,20+;14-;13-;9-;8-;7-;;;;;/m011001...../s1. The van der Waals surface area contributed by atoms with Crippen molar-refractivity contribution >= 4 is 307 Å². The number of fused-ring (bicyclic) bond motifs is 6. The molecule has 0 aromatic heterocycles. The summed E-state index contributed by atoms with van der Waals surface area (Å²) in [7, 11) is -1.28. The van der Waals surface area contributed by atoms with Gasteiger partial charge < -0.3 is 65.6 Å². The molecule has 0 aliphatic carbocycles. The molecule has 0 amide bonds. The number of aliphatic carboxylic acids is 1. The van der Waals surface area contributed by atoms with E-state index < -0.39 is 58.4 Å². The minimum absolute atomic E-state index is 0.00694. The number of esters is 4. The van der Waals surface area contributed by atoms with E-state index in [2.05, 4.69) is 244 Å². The number of ether oxygens (including phenoxy) is 5. The second kappa shape index (κ2) is 73.5. The topological polar surface area (TPSA) is 304 Å². The summed E-state index contributed by atoms with van der Waals surface area (Å²) in [6.07, 6.45) is 5.76. The smallest absolute Gasteiger partial charge is 0.333 e. The summed E-state index contributed by atoms with van der Waals surface area (Å²) in [6, 6.07) is 81.9. The first-order chi connectivity index (χ1) is 60.9. The zero-order valence-electron chi connectivity index (χ0n) is 68.9. The van der Waals surface area contributed by atoms with Gasteiger partial charge in [0.2, 0.25) is 0 Å². The molecule has 7 aliphatic rings. The Labute approximate surface area is 896 Å². The van der Waals surface area contributed by atoms with Crippen LogP contribution in [0.1, 0.15) is 96.7 Å². The van der Waals surface area contributed by atoms with Crippen LogP contribution in [0.4, 0.5) is 22.7 Å². The number of carboxylic acid groups (broad SMARTS) is 1. The van der Waals surface area contributed by atoms with E-state index in [-0.39, 0.29) is 63.6 Å². The summed E-state index contributed by atoms with van der Waals surface area (Å²) in [5, 5.41) is 37.4. The van der Waals surface area contributed by atoms with E-state index in [0.29, 0.717) is 49.5 Å². The largest absolute Gasteiger partial charge is 0.479 e. The van der Waals surface area contributed by atoms with Crippen LogP contribution in [0.15, 0.2) is 273 Å². The van der Waals surface area contributed by atoms with Crippen molar-refractivity contribution in [3.05, 3.63) is 301 Å². The van der Waals surface area contributed by atoms with Gasteiger partial charge in [-0.1, -0.05) is 224 Å². The number of carbonyl (C=O) groups excluding carboxylic acids is 4. The number of benzene rings is 9. The molecule has 0 saturated carbocycles. The van der Waals surface area contributed by atoms with Crippen LogP contribution in [0.3, 0.4) is 0 Å². The Morgan fingerprint density at radius 3 is 1.02 bits per heavy atom. The molecule has 706 valence electrons. The summed E-state index contributed by atoms with van der Waals surface area (Å²) >= 11 is 30.3. The molecule has 7 fully saturated rings. The number of rotatable bonds is 23. The molecule has 0 spiro atoms. The van der Waals surface area contributed by atoms with Crippen molar-refractivity contribution in [3.8, 4) is 0 Å². The molecule has 7 atom stereocenters. The van der Waals surface area contributed by atoms with Gasteiger partial charge >= 0.3 is 301 Å². The number of nitrogen functional groups attached to an aromatic ring is 1. The molecule has 7 aliphatic heterocycles. The van der Waals surface area contributed by atoms with Crippen LogP contribution in [-0.2, 0) is 62.0 Å². The fourth-order valence-electron chi connectivity index (χ4n) is 12.2. The molecule has 8 N–H and O–H groups in total. The molecule has 16 rings (SSSR count). The van der Waals surface area contributed by atoms with Gasteiger partial charge in [0.15, 0.2) is 30.3 Å². The van der Waals surface area contributed by atoms with Crippen molar-refractivity contribution in [2.75, 3.05) is 102 Å². The number of carboxylic acids is 1. The molecule has 7 saturated heterocycles. The molecule has 9 aromatic carbocycles. The number of nitrogens with one attached hydrogen (secondary N) is 3. The van der Waals surface area contributed by atoms with Gasteiger partial charge in [-0.3, -0.25) is 9.08 Å². The Hall–Kier alpha value is 2.38. The SMILES string of the molecule is C1CCOC1.COC(=O)[C@@H](O)c1ccccc1.COC(=O)[C@@H](OS(C)(=O)=O)c1ccccc1.COC(=O)[C@H](Nc1ccccc1)c1ccccc1.II(I)I(I)I.I[I-]I(I)I.I[I-]I(I)I(I)I.Nc1ccccc1.O=C(O)[C@H](Nc1ccccc1)c1ccccc1.O=C(O[C@H]1CN2CCC1CC2)[C@H](Nc1ccccc1)c1ccccc1.O[C@@H]1CN2CCC1CC2. The number of aliphatic hydroxyl groups is 2. The van der Waals surface area contributed by atoms with E-state index in [9.17, 15) is 47.7 Å². The van der Waals surface area contributed by atoms with Crippen molar-refractivity contribution in [2.24, 2.45) is 11.8 Å². The zero-order chi connectivity index (χ0) is 93.3. The minimum Gasteiger partial charge on any atom is -0.479 e. The van der Waals surface area contributed by atoms with Crippen molar-refractivity contribution in [1.82, 2.24) is 9.80 Å². The van der Waals surface area contributed by atoms with Gasteiger partial charge in [-0.05, 0) is 153 Å². The number of nitrogens with zero attached hydrogens (tertiary/aromatic N) is 2. The summed E-state index contributed by atoms with van der Waals surface area (Å²) in [5.74, 6) is -1.62. The number of aliphatic hydroxyl groups excluding tert-OH is 2. The number of para-hydroxylation sites is 4. The summed E-state index contributed by atoms with van der Waals surface area (Å²) in [6.45, 7) is 8.55. The molecule has 22 nitrogen and oxygen atoms in total. The first-order valence-corrected chi connectivity index (χ1v) is 135. The zero-order valence-corrected chi connectivity index (χ0v) is 109. The minimum atomic E-state index is -3.73. The third-order valence-corrected chi connectivity index (χ3v) is 514. The fourth-order valence-corrected chi connectivity index (χ4v) is 222. The van der Waals surface area contributed by atoms with Gasteiger partial charge in [0, 0.05) is 49.1 Å². The second-order valence-corrected chi connectivity index (χ2v) is 305. The average molecular weight is 3790 g/mol. The maximum Gasteiger partial charge on any atom is 0.333 e. The van der Waals surface area contributed by atoms with Crippen molar-refractivity contribution in [2.45, 2.75) is 81.1 Å². The van der Waals surface area contributed by atoms with Gasteiger partial charge in [0.05, 0.1) is 33.7 Å². The molecule has 41 heteroatoms. The van der Waals surface area contributed by atoms with Gasteiger partial charge in [-0.25, -0.2) is 24.0 Å².